The molecule has 8 heteroatoms. The highest BCUT2D eigenvalue weighted by molar-refractivity contribution is 7.99. The van der Waals surface area contributed by atoms with Crippen molar-refractivity contribution in [2.45, 2.75) is 24.1 Å². The zero-order chi connectivity index (χ0) is 20.1. The molecule has 2 aliphatic rings. The van der Waals surface area contributed by atoms with E-state index in [4.69, 9.17) is 9.47 Å². The van der Waals surface area contributed by atoms with Crippen LogP contribution in [0.2, 0.25) is 0 Å². The van der Waals surface area contributed by atoms with Crippen LogP contribution in [0.3, 0.4) is 0 Å². The number of carbonyl (C=O) groups excluding carboxylic acids is 1. The second-order valence-electron chi connectivity index (χ2n) is 7.54. The van der Waals surface area contributed by atoms with Gasteiger partial charge in [-0.1, -0.05) is 17.8 Å². The van der Waals surface area contributed by atoms with Crippen LogP contribution in [-0.4, -0.2) is 78.7 Å². The minimum atomic E-state index is 0.186. The Morgan fingerprint density at radius 3 is 3.00 bits per heavy atom. The Morgan fingerprint density at radius 1 is 1.38 bits per heavy atom. The highest BCUT2D eigenvalue weighted by atomic mass is 32.2. The number of carbonyl (C=O) groups is 1. The number of hydrogen-bond acceptors (Lipinski definition) is 5. The van der Waals surface area contributed by atoms with Gasteiger partial charge in [0.2, 0.25) is 5.91 Å². The quantitative estimate of drug-likeness (QED) is 0.678. The third kappa shape index (κ3) is 5.12. The van der Waals surface area contributed by atoms with Crippen molar-refractivity contribution in [3.05, 3.63) is 36.7 Å². The van der Waals surface area contributed by atoms with Crippen molar-refractivity contribution in [3.63, 3.8) is 0 Å². The number of thioether (sulfide) groups is 1. The SMILES string of the molecule is COc1cccc(-n2ccnc2SCC(=O)N2CC[NH+](C[C@@H]3CCCO3)CC2)c1. The predicted octanol–water partition coefficient (Wildman–Crippen LogP) is 0.879. The number of aromatic nitrogens is 2. The van der Waals surface area contributed by atoms with Gasteiger partial charge in [0.15, 0.2) is 5.16 Å². The molecule has 156 valence electrons. The summed E-state index contributed by atoms with van der Waals surface area (Å²) in [6.07, 6.45) is 6.46. The van der Waals surface area contributed by atoms with Crippen molar-refractivity contribution >= 4 is 17.7 Å². The van der Waals surface area contributed by atoms with E-state index in [1.165, 1.54) is 24.6 Å². The van der Waals surface area contributed by atoms with E-state index in [0.29, 0.717) is 11.9 Å². The van der Waals surface area contributed by atoms with Crippen molar-refractivity contribution in [1.82, 2.24) is 14.5 Å². The zero-order valence-electron chi connectivity index (χ0n) is 16.9. The second kappa shape index (κ2) is 9.65. The lowest BCUT2D eigenvalue weighted by Crippen LogP contribution is -3.15. The molecule has 7 nitrogen and oxygen atoms in total. The normalized spacial score (nSPS) is 20.2. The van der Waals surface area contributed by atoms with Crippen LogP contribution in [0.5, 0.6) is 5.75 Å². The Labute approximate surface area is 176 Å². The number of ether oxygens (including phenoxy) is 2. The van der Waals surface area contributed by atoms with Crippen molar-refractivity contribution in [1.29, 1.82) is 0 Å². The molecule has 2 aromatic rings. The first kappa shape index (κ1) is 20.3. The number of hydrogen-bond donors (Lipinski definition) is 1. The first-order chi connectivity index (χ1) is 14.2. The van der Waals surface area contributed by atoms with Gasteiger partial charge in [0.05, 0.1) is 44.7 Å². The van der Waals surface area contributed by atoms with Crippen LogP contribution in [0, 0.1) is 0 Å². The van der Waals surface area contributed by atoms with Gasteiger partial charge in [-0.3, -0.25) is 9.36 Å². The van der Waals surface area contributed by atoms with Gasteiger partial charge < -0.3 is 19.3 Å². The molecule has 0 saturated carbocycles. The summed E-state index contributed by atoms with van der Waals surface area (Å²) in [5.74, 6) is 1.39. The number of nitrogens with one attached hydrogen (secondary N) is 1. The molecule has 0 bridgehead atoms. The molecule has 2 aliphatic heterocycles. The predicted molar refractivity (Wildman–Crippen MR) is 112 cm³/mol. The van der Waals surface area contributed by atoms with Crippen LogP contribution in [-0.2, 0) is 9.53 Å². The molecule has 0 unspecified atom stereocenters. The largest absolute Gasteiger partial charge is 0.497 e. The van der Waals surface area contributed by atoms with Crippen LogP contribution < -0.4 is 9.64 Å². The van der Waals surface area contributed by atoms with Crippen LogP contribution in [0.15, 0.2) is 41.8 Å². The summed E-state index contributed by atoms with van der Waals surface area (Å²) in [5.41, 5.74) is 0.975. The van der Waals surface area contributed by atoms with E-state index < -0.39 is 0 Å². The van der Waals surface area contributed by atoms with Crippen molar-refractivity contribution in [3.8, 4) is 11.4 Å². The lowest BCUT2D eigenvalue weighted by Gasteiger charge is -2.33. The number of benzene rings is 1. The van der Waals surface area contributed by atoms with Gasteiger partial charge >= 0.3 is 0 Å². The first-order valence-electron chi connectivity index (χ1n) is 10.3. The van der Waals surface area contributed by atoms with E-state index in [0.717, 1.165) is 55.9 Å². The standard InChI is InChI=1S/C21H28N4O3S/c1-27-18-5-2-4-17(14-18)25-8-7-22-21(25)29-16-20(26)24-11-9-23(10-12-24)15-19-6-3-13-28-19/h2,4-5,7-8,14,19H,3,6,9-13,15-16H2,1H3/p+1/t19-/m0/s1. The molecule has 0 spiro atoms. The summed E-state index contributed by atoms with van der Waals surface area (Å²) in [5, 5.41) is 0.814. The lowest BCUT2D eigenvalue weighted by molar-refractivity contribution is -0.906. The highest BCUT2D eigenvalue weighted by Crippen LogP contribution is 2.23. The van der Waals surface area contributed by atoms with Crippen molar-refractivity contribution < 1.29 is 19.2 Å². The number of piperazine rings is 1. The third-order valence-corrected chi connectivity index (χ3v) is 6.58. The second-order valence-corrected chi connectivity index (χ2v) is 8.48. The molecule has 0 radical (unpaired) electrons. The first-order valence-corrected chi connectivity index (χ1v) is 11.2. The average molecular weight is 418 g/mol. The summed E-state index contributed by atoms with van der Waals surface area (Å²) in [7, 11) is 1.66. The Balaban J connectivity index is 1.28. The lowest BCUT2D eigenvalue weighted by atomic mass is 10.2. The monoisotopic (exact) mass is 417 g/mol. The van der Waals surface area contributed by atoms with Gasteiger partial charge in [0.25, 0.3) is 0 Å². The van der Waals surface area contributed by atoms with Gasteiger partial charge in [-0.05, 0) is 25.0 Å². The summed E-state index contributed by atoms with van der Waals surface area (Å²) >= 11 is 1.48. The number of nitrogens with zero attached hydrogens (tertiary/aromatic N) is 3. The van der Waals surface area contributed by atoms with Gasteiger partial charge in [-0.2, -0.15) is 0 Å². The Bertz CT molecular complexity index is 814. The van der Waals surface area contributed by atoms with Crippen LogP contribution in [0.25, 0.3) is 5.69 Å². The maximum Gasteiger partial charge on any atom is 0.233 e. The summed E-state index contributed by atoms with van der Waals surface area (Å²) in [6.45, 7) is 5.65. The van der Waals surface area contributed by atoms with E-state index in [2.05, 4.69) is 4.98 Å². The van der Waals surface area contributed by atoms with E-state index in [-0.39, 0.29) is 5.91 Å². The minimum absolute atomic E-state index is 0.186. The fourth-order valence-corrected chi connectivity index (χ4v) is 4.85. The summed E-state index contributed by atoms with van der Waals surface area (Å²) in [6, 6.07) is 7.83. The molecule has 3 heterocycles. The maximum absolute atomic E-state index is 12.7. The molecule has 1 amide bonds. The van der Waals surface area contributed by atoms with Gasteiger partial charge in [-0.15, -0.1) is 0 Å². The molecule has 2 saturated heterocycles. The Hall–Kier alpha value is -2.03. The maximum atomic E-state index is 12.7. The smallest absolute Gasteiger partial charge is 0.233 e. The van der Waals surface area contributed by atoms with E-state index in [9.17, 15) is 4.79 Å². The number of quaternary nitrogens is 1. The van der Waals surface area contributed by atoms with Crippen molar-refractivity contribution in [2.24, 2.45) is 0 Å². The van der Waals surface area contributed by atoms with Crippen molar-refractivity contribution in [2.75, 3.05) is 52.2 Å². The van der Waals surface area contributed by atoms with Gasteiger partial charge in [-0.25, -0.2) is 4.98 Å². The van der Waals surface area contributed by atoms with E-state index >= 15 is 0 Å². The molecule has 1 atom stereocenters. The Morgan fingerprint density at radius 2 is 2.24 bits per heavy atom. The topological polar surface area (TPSA) is 61.0 Å². The van der Waals surface area contributed by atoms with Crippen LogP contribution in [0.1, 0.15) is 12.8 Å². The molecular formula is C21H29N4O3S+. The number of amides is 1. The number of methoxy groups -OCH3 is 1. The number of imidazole rings is 1. The number of rotatable bonds is 7. The highest BCUT2D eigenvalue weighted by Gasteiger charge is 2.27. The van der Waals surface area contributed by atoms with Crippen LogP contribution in [0.4, 0.5) is 0 Å². The molecule has 2 fully saturated rings. The average Bonchev–Trinajstić information content (AvgIpc) is 3.44. The van der Waals surface area contributed by atoms with Crippen LogP contribution >= 0.6 is 11.8 Å². The minimum Gasteiger partial charge on any atom is -0.497 e. The van der Waals surface area contributed by atoms with E-state index in [1.54, 1.807) is 18.2 Å². The Kier molecular flexibility index (Phi) is 6.74. The van der Waals surface area contributed by atoms with Gasteiger partial charge in [0, 0.05) is 25.1 Å². The molecule has 29 heavy (non-hydrogen) atoms. The summed E-state index contributed by atoms with van der Waals surface area (Å²) < 4.78 is 13.0. The molecule has 1 aromatic carbocycles. The van der Waals surface area contributed by atoms with Gasteiger partial charge in [0.1, 0.15) is 18.4 Å². The fourth-order valence-electron chi connectivity index (χ4n) is 3.97. The molecule has 1 N–H and O–H groups in total. The molecule has 1 aromatic heterocycles. The zero-order valence-corrected chi connectivity index (χ0v) is 17.7. The molecule has 0 aliphatic carbocycles. The molecule has 4 rings (SSSR count). The van der Waals surface area contributed by atoms with E-state index in [1.807, 2.05) is 39.9 Å². The summed E-state index contributed by atoms with van der Waals surface area (Å²) in [4.78, 5) is 20.7. The third-order valence-electron chi connectivity index (χ3n) is 5.63. The fraction of sp³-hybridized carbons (Fsp3) is 0.524. The molecular weight excluding hydrogens is 388 g/mol.